The van der Waals surface area contributed by atoms with Gasteiger partial charge in [-0.25, -0.2) is 9.59 Å². The van der Waals surface area contributed by atoms with Gasteiger partial charge in [0.2, 0.25) is 0 Å². The minimum atomic E-state index is -0.890. The first-order chi connectivity index (χ1) is 12.3. The highest BCUT2D eigenvalue weighted by Gasteiger charge is 2.36. The largest absolute Gasteiger partial charge is 0.463 e. The predicted molar refractivity (Wildman–Crippen MR) is 95.6 cm³/mol. The Bertz CT molecular complexity index is 806. The maximum atomic E-state index is 12.5. The number of urea groups is 1. The quantitative estimate of drug-likeness (QED) is 0.353. The van der Waals surface area contributed by atoms with Crippen molar-refractivity contribution in [2.75, 3.05) is 13.2 Å². The molecule has 0 fully saturated rings. The zero-order valence-electron chi connectivity index (χ0n) is 14.3. The van der Waals surface area contributed by atoms with Gasteiger partial charge in [-0.3, -0.25) is 15.0 Å². The maximum Gasteiger partial charge on any atom is 0.338 e. The molecule has 1 aromatic rings. The fourth-order valence-electron chi connectivity index (χ4n) is 2.70. The Morgan fingerprint density at radius 3 is 2.81 bits per heavy atom. The Morgan fingerprint density at radius 2 is 2.23 bits per heavy atom. The molecule has 1 heterocycles. The van der Waals surface area contributed by atoms with Gasteiger partial charge < -0.3 is 10.1 Å². The second-order valence-electron chi connectivity index (χ2n) is 5.47. The van der Waals surface area contributed by atoms with E-state index in [1.807, 2.05) is 0 Å². The summed E-state index contributed by atoms with van der Waals surface area (Å²) in [7, 11) is 0. The van der Waals surface area contributed by atoms with Gasteiger partial charge in [-0.1, -0.05) is 23.7 Å². The van der Waals surface area contributed by atoms with Gasteiger partial charge in [-0.15, -0.1) is 6.58 Å². The molecule has 0 bridgehead atoms. The highest BCUT2D eigenvalue weighted by molar-refractivity contribution is 6.32. The number of nitro groups is 1. The summed E-state index contributed by atoms with van der Waals surface area (Å²) >= 11 is 5.85. The number of hydrogen-bond acceptors (Lipinski definition) is 5. The third-order valence-electron chi connectivity index (χ3n) is 3.90. The summed E-state index contributed by atoms with van der Waals surface area (Å²) < 4.78 is 5.11. The van der Waals surface area contributed by atoms with Crippen LogP contribution in [0.2, 0.25) is 5.02 Å². The van der Waals surface area contributed by atoms with Gasteiger partial charge in [-0.05, 0) is 25.5 Å². The molecule has 1 atom stereocenters. The van der Waals surface area contributed by atoms with Gasteiger partial charge in [0.15, 0.2) is 0 Å². The number of halogens is 1. The van der Waals surface area contributed by atoms with Crippen molar-refractivity contribution in [2.45, 2.75) is 19.9 Å². The van der Waals surface area contributed by atoms with Crippen LogP contribution >= 0.6 is 11.6 Å². The van der Waals surface area contributed by atoms with Crippen LogP contribution in [0, 0.1) is 10.1 Å². The van der Waals surface area contributed by atoms with Gasteiger partial charge in [0.1, 0.15) is 5.02 Å². The number of allylic oxidation sites excluding steroid dienone is 1. The summed E-state index contributed by atoms with van der Waals surface area (Å²) in [6.07, 6.45) is 1.53. The van der Waals surface area contributed by atoms with Crippen molar-refractivity contribution in [1.29, 1.82) is 0 Å². The lowest BCUT2D eigenvalue weighted by atomic mass is 9.94. The number of nitrogens with zero attached hydrogens (tertiary/aromatic N) is 2. The van der Waals surface area contributed by atoms with Crippen LogP contribution < -0.4 is 5.32 Å². The topological polar surface area (TPSA) is 102 Å². The molecule has 0 aliphatic carbocycles. The van der Waals surface area contributed by atoms with E-state index < -0.39 is 23.0 Å². The van der Waals surface area contributed by atoms with Crippen LogP contribution in [0.3, 0.4) is 0 Å². The molecule has 1 unspecified atom stereocenters. The molecule has 0 saturated carbocycles. The molecule has 2 amide bonds. The van der Waals surface area contributed by atoms with E-state index >= 15 is 0 Å². The molecular formula is C17H18ClN3O5. The lowest BCUT2D eigenvalue weighted by molar-refractivity contribution is -0.384. The standard InChI is InChI=1S/C17H18ClN3O5/c1-4-8-20-10(3)14(16(22)26-5-2)15(19-17(20)23)11-6-7-12(18)13(9-11)21(24)25/h4,6-7,9,15H,1,5,8H2,2-3H3,(H,19,23). The van der Waals surface area contributed by atoms with Crippen LogP contribution in [0.15, 0.2) is 42.1 Å². The highest BCUT2D eigenvalue weighted by atomic mass is 35.5. The Morgan fingerprint density at radius 1 is 1.54 bits per heavy atom. The average Bonchev–Trinajstić information content (AvgIpc) is 2.58. The first-order valence-electron chi connectivity index (χ1n) is 7.82. The normalized spacial score (nSPS) is 17.0. The summed E-state index contributed by atoms with van der Waals surface area (Å²) in [5, 5.41) is 13.8. The maximum absolute atomic E-state index is 12.5. The fraction of sp³-hybridized carbons (Fsp3) is 0.294. The van der Waals surface area contributed by atoms with E-state index in [-0.39, 0.29) is 29.4 Å². The summed E-state index contributed by atoms with van der Waals surface area (Å²) in [5.41, 5.74) is 0.641. The van der Waals surface area contributed by atoms with Gasteiger partial charge in [0.25, 0.3) is 5.69 Å². The third-order valence-corrected chi connectivity index (χ3v) is 4.22. The van der Waals surface area contributed by atoms with Gasteiger partial charge in [0, 0.05) is 18.3 Å². The van der Waals surface area contributed by atoms with Crippen molar-refractivity contribution in [3.63, 3.8) is 0 Å². The van der Waals surface area contributed by atoms with E-state index in [0.29, 0.717) is 11.3 Å². The minimum Gasteiger partial charge on any atom is -0.463 e. The molecule has 1 aliphatic rings. The van der Waals surface area contributed by atoms with E-state index in [9.17, 15) is 19.7 Å². The lowest BCUT2D eigenvalue weighted by Crippen LogP contribution is -2.48. The molecule has 0 saturated heterocycles. The smallest absolute Gasteiger partial charge is 0.338 e. The number of carbonyl (C=O) groups is 2. The van der Waals surface area contributed by atoms with E-state index in [2.05, 4.69) is 11.9 Å². The molecule has 9 heteroatoms. The molecule has 0 spiro atoms. The number of nitro benzene ring substituents is 1. The zero-order chi connectivity index (χ0) is 19.4. The Hall–Kier alpha value is -2.87. The highest BCUT2D eigenvalue weighted by Crippen LogP contribution is 2.35. The molecule has 26 heavy (non-hydrogen) atoms. The van der Waals surface area contributed by atoms with Crippen LogP contribution in [-0.2, 0) is 9.53 Å². The molecular weight excluding hydrogens is 362 g/mol. The third kappa shape index (κ3) is 3.70. The number of hydrogen-bond donors (Lipinski definition) is 1. The van der Waals surface area contributed by atoms with E-state index in [0.717, 1.165) is 0 Å². The number of amides is 2. The second-order valence-corrected chi connectivity index (χ2v) is 5.88. The van der Waals surface area contributed by atoms with Crippen LogP contribution in [-0.4, -0.2) is 35.0 Å². The number of esters is 1. The first-order valence-corrected chi connectivity index (χ1v) is 8.20. The zero-order valence-corrected chi connectivity index (χ0v) is 15.1. The Balaban J connectivity index is 2.60. The SMILES string of the molecule is C=CCN1C(=O)NC(c2ccc(Cl)c([N+](=O)[O-])c2)C(C(=O)OCC)=C1C. The van der Waals surface area contributed by atoms with Gasteiger partial charge >= 0.3 is 12.0 Å². The van der Waals surface area contributed by atoms with Crippen molar-refractivity contribution in [2.24, 2.45) is 0 Å². The molecule has 2 rings (SSSR count). The number of rotatable bonds is 6. The molecule has 1 aliphatic heterocycles. The first kappa shape index (κ1) is 19.5. The van der Waals surface area contributed by atoms with Gasteiger partial charge in [0.05, 0.1) is 23.1 Å². The van der Waals surface area contributed by atoms with Gasteiger partial charge in [-0.2, -0.15) is 0 Å². The van der Waals surface area contributed by atoms with Crippen molar-refractivity contribution in [3.05, 3.63) is 62.8 Å². The average molecular weight is 380 g/mol. The predicted octanol–water partition coefficient (Wildman–Crippen LogP) is 3.34. The molecule has 8 nitrogen and oxygen atoms in total. The lowest BCUT2D eigenvalue weighted by Gasteiger charge is -2.34. The molecule has 0 aromatic heterocycles. The summed E-state index contributed by atoms with van der Waals surface area (Å²) in [6, 6.07) is 2.78. The number of benzene rings is 1. The number of carbonyl (C=O) groups excluding carboxylic acids is 2. The summed E-state index contributed by atoms with van der Waals surface area (Å²) in [5.74, 6) is -0.610. The molecule has 1 aromatic carbocycles. The van der Waals surface area contributed by atoms with Crippen LogP contribution in [0.25, 0.3) is 0 Å². The van der Waals surface area contributed by atoms with E-state index in [1.54, 1.807) is 13.8 Å². The van der Waals surface area contributed by atoms with Crippen molar-refractivity contribution in [1.82, 2.24) is 10.2 Å². The van der Waals surface area contributed by atoms with Crippen LogP contribution in [0.4, 0.5) is 10.5 Å². The van der Waals surface area contributed by atoms with Crippen molar-refractivity contribution in [3.8, 4) is 0 Å². The van der Waals surface area contributed by atoms with E-state index in [1.165, 1.54) is 29.2 Å². The summed E-state index contributed by atoms with van der Waals surface area (Å²) in [6.45, 7) is 7.23. The summed E-state index contributed by atoms with van der Waals surface area (Å²) in [4.78, 5) is 36.8. The van der Waals surface area contributed by atoms with E-state index in [4.69, 9.17) is 16.3 Å². The fourth-order valence-corrected chi connectivity index (χ4v) is 2.89. The number of ether oxygens (including phenoxy) is 1. The van der Waals surface area contributed by atoms with Crippen LogP contribution in [0.5, 0.6) is 0 Å². The molecule has 1 N–H and O–H groups in total. The van der Waals surface area contributed by atoms with Crippen molar-refractivity contribution < 1.29 is 19.2 Å². The Labute approximate surface area is 155 Å². The van der Waals surface area contributed by atoms with Crippen LogP contribution in [0.1, 0.15) is 25.5 Å². The Kier molecular flexibility index (Phi) is 5.99. The van der Waals surface area contributed by atoms with Crippen molar-refractivity contribution >= 4 is 29.3 Å². The molecule has 0 radical (unpaired) electrons. The second kappa shape index (κ2) is 8.01. The molecule has 138 valence electrons. The monoisotopic (exact) mass is 379 g/mol. The minimum absolute atomic E-state index is 0.0347. The number of nitrogens with one attached hydrogen (secondary N) is 1.